The van der Waals surface area contributed by atoms with Crippen LogP contribution in [0.5, 0.6) is 5.75 Å². The van der Waals surface area contributed by atoms with Gasteiger partial charge in [-0.25, -0.2) is 0 Å². The number of nitrogens with zero attached hydrogens (tertiary/aromatic N) is 2. The van der Waals surface area contributed by atoms with Crippen LogP contribution >= 0.6 is 0 Å². The van der Waals surface area contributed by atoms with Crippen molar-refractivity contribution < 1.29 is 23.2 Å². The molecule has 0 N–H and O–H groups in total. The molecule has 7 heteroatoms. The molecule has 3 aromatic rings. The van der Waals surface area contributed by atoms with Gasteiger partial charge in [0.25, 0.3) is 5.91 Å². The second-order valence-corrected chi connectivity index (χ2v) is 5.61. The van der Waals surface area contributed by atoms with Gasteiger partial charge in [-0.3, -0.25) is 4.79 Å². The molecule has 26 heavy (non-hydrogen) atoms. The summed E-state index contributed by atoms with van der Waals surface area (Å²) in [5, 5.41) is 4.08. The normalized spacial score (nSPS) is 10.7. The molecule has 1 aromatic carbocycles. The van der Waals surface area contributed by atoms with Crippen LogP contribution in [0.25, 0.3) is 11.3 Å². The van der Waals surface area contributed by atoms with Gasteiger partial charge in [0.05, 0.1) is 26.5 Å². The number of amides is 1. The van der Waals surface area contributed by atoms with E-state index in [1.165, 1.54) is 6.26 Å². The van der Waals surface area contributed by atoms with Crippen LogP contribution in [0.4, 0.5) is 0 Å². The standard InChI is InChI=1S/C19H20N2O5/c1-23-11-9-21(19(22)17-4-3-10-25-17)13-15-12-18(26-20-15)14-5-7-16(24-2)8-6-14/h3-8,10,12H,9,11,13H2,1-2H3. The fraction of sp³-hybridized carbons (Fsp3) is 0.263. The van der Waals surface area contributed by atoms with Gasteiger partial charge in [-0.15, -0.1) is 0 Å². The van der Waals surface area contributed by atoms with Crippen LogP contribution < -0.4 is 4.74 Å². The second kappa shape index (κ2) is 8.35. The minimum Gasteiger partial charge on any atom is -0.497 e. The number of methoxy groups -OCH3 is 2. The SMILES string of the molecule is COCCN(Cc1cc(-c2ccc(OC)cc2)on1)C(=O)c1ccco1. The molecule has 3 rings (SSSR count). The van der Waals surface area contributed by atoms with E-state index in [2.05, 4.69) is 5.16 Å². The molecule has 0 atom stereocenters. The molecule has 0 fully saturated rings. The largest absolute Gasteiger partial charge is 0.497 e. The maximum absolute atomic E-state index is 12.6. The van der Waals surface area contributed by atoms with E-state index >= 15 is 0 Å². The lowest BCUT2D eigenvalue weighted by Crippen LogP contribution is -2.33. The Morgan fingerprint density at radius 2 is 2.00 bits per heavy atom. The Kier molecular flexibility index (Phi) is 5.70. The van der Waals surface area contributed by atoms with Gasteiger partial charge in [0.2, 0.25) is 0 Å². The first-order valence-corrected chi connectivity index (χ1v) is 8.13. The van der Waals surface area contributed by atoms with Gasteiger partial charge in [-0.1, -0.05) is 5.16 Å². The van der Waals surface area contributed by atoms with Crippen molar-refractivity contribution in [1.29, 1.82) is 0 Å². The first-order valence-electron chi connectivity index (χ1n) is 8.13. The molecule has 136 valence electrons. The monoisotopic (exact) mass is 356 g/mol. The first-order chi connectivity index (χ1) is 12.7. The van der Waals surface area contributed by atoms with Gasteiger partial charge >= 0.3 is 0 Å². The maximum atomic E-state index is 12.6. The summed E-state index contributed by atoms with van der Waals surface area (Å²) in [4.78, 5) is 14.2. The van der Waals surface area contributed by atoms with Crippen LogP contribution in [0.15, 0.2) is 57.7 Å². The Hall–Kier alpha value is -3.06. The number of furan rings is 1. The van der Waals surface area contributed by atoms with E-state index in [0.29, 0.717) is 31.2 Å². The Labute approximate surface area is 151 Å². The minimum atomic E-state index is -0.221. The molecule has 1 amide bonds. The third-order valence-corrected chi connectivity index (χ3v) is 3.87. The van der Waals surface area contributed by atoms with E-state index in [1.807, 2.05) is 30.3 Å². The van der Waals surface area contributed by atoms with E-state index in [-0.39, 0.29) is 11.7 Å². The predicted octanol–water partition coefficient (Wildman–Crippen LogP) is 3.23. The maximum Gasteiger partial charge on any atom is 0.289 e. The van der Waals surface area contributed by atoms with Gasteiger partial charge < -0.3 is 23.3 Å². The number of hydrogen-bond donors (Lipinski definition) is 0. The van der Waals surface area contributed by atoms with Crippen molar-refractivity contribution >= 4 is 5.91 Å². The van der Waals surface area contributed by atoms with Crippen molar-refractivity contribution in [1.82, 2.24) is 10.1 Å². The number of hydrogen-bond acceptors (Lipinski definition) is 6. The molecule has 0 aliphatic rings. The Balaban J connectivity index is 1.74. The highest BCUT2D eigenvalue weighted by molar-refractivity contribution is 5.91. The van der Waals surface area contributed by atoms with E-state index < -0.39 is 0 Å². The van der Waals surface area contributed by atoms with Gasteiger partial charge in [-0.2, -0.15) is 0 Å². The highest BCUT2D eigenvalue weighted by Gasteiger charge is 2.20. The molecule has 0 unspecified atom stereocenters. The van der Waals surface area contributed by atoms with Gasteiger partial charge in [-0.05, 0) is 36.4 Å². The number of aromatic nitrogens is 1. The van der Waals surface area contributed by atoms with Gasteiger partial charge in [0, 0.05) is 25.3 Å². The number of carbonyl (C=O) groups excluding carboxylic acids is 1. The molecule has 0 bridgehead atoms. The molecule has 7 nitrogen and oxygen atoms in total. The van der Waals surface area contributed by atoms with Crippen molar-refractivity contribution in [3.05, 3.63) is 60.2 Å². The topological polar surface area (TPSA) is 77.9 Å². The lowest BCUT2D eigenvalue weighted by molar-refractivity contribution is 0.0645. The minimum absolute atomic E-state index is 0.221. The number of benzene rings is 1. The smallest absolute Gasteiger partial charge is 0.289 e. The fourth-order valence-electron chi connectivity index (χ4n) is 2.48. The average molecular weight is 356 g/mol. The third-order valence-electron chi connectivity index (χ3n) is 3.87. The van der Waals surface area contributed by atoms with Crippen molar-refractivity contribution in [3.8, 4) is 17.1 Å². The Morgan fingerprint density at radius 3 is 2.65 bits per heavy atom. The van der Waals surface area contributed by atoms with Crippen molar-refractivity contribution in [2.45, 2.75) is 6.54 Å². The lowest BCUT2D eigenvalue weighted by Gasteiger charge is -2.19. The highest BCUT2D eigenvalue weighted by Crippen LogP contribution is 2.23. The average Bonchev–Trinajstić information content (AvgIpc) is 3.36. The quantitative estimate of drug-likeness (QED) is 0.617. The molecular formula is C19H20N2O5. The predicted molar refractivity (Wildman–Crippen MR) is 93.8 cm³/mol. The third kappa shape index (κ3) is 4.12. The van der Waals surface area contributed by atoms with Crippen molar-refractivity contribution in [2.24, 2.45) is 0 Å². The molecule has 2 heterocycles. The zero-order chi connectivity index (χ0) is 18.4. The molecule has 2 aromatic heterocycles. The highest BCUT2D eigenvalue weighted by atomic mass is 16.5. The first kappa shape index (κ1) is 17.8. The van der Waals surface area contributed by atoms with Crippen molar-refractivity contribution in [2.75, 3.05) is 27.4 Å². The van der Waals surface area contributed by atoms with Crippen LogP contribution in [-0.2, 0) is 11.3 Å². The zero-order valence-electron chi connectivity index (χ0n) is 14.7. The van der Waals surface area contributed by atoms with E-state index in [4.69, 9.17) is 18.4 Å². The molecule has 0 radical (unpaired) electrons. The van der Waals surface area contributed by atoms with E-state index in [9.17, 15) is 4.79 Å². The van der Waals surface area contributed by atoms with Crippen LogP contribution in [0.3, 0.4) is 0 Å². The number of rotatable bonds is 8. The summed E-state index contributed by atoms with van der Waals surface area (Å²) < 4.78 is 20.9. The fourth-order valence-corrected chi connectivity index (χ4v) is 2.48. The number of ether oxygens (including phenoxy) is 2. The summed E-state index contributed by atoms with van der Waals surface area (Å²) in [5.74, 6) is 1.45. The molecular weight excluding hydrogens is 336 g/mol. The Morgan fingerprint density at radius 1 is 1.19 bits per heavy atom. The lowest BCUT2D eigenvalue weighted by atomic mass is 10.1. The van der Waals surface area contributed by atoms with E-state index in [0.717, 1.165) is 11.3 Å². The molecule has 0 aliphatic carbocycles. The molecule has 0 saturated heterocycles. The number of carbonyl (C=O) groups is 1. The Bertz CT molecular complexity index is 824. The summed E-state index contributed by atoms with van der Waals surface area (Å²) >= 11 is 0. The van der Waals surface area contributed by atoms with Crippen LogP contribution in [0, 0.1) is 0 Å². The van der Waals surface area contributed by atoms with Gasteiger partial charge in [0.15, 0.2) is 11.5 Å². The molecule has 0 spiro atoms. The van der Waals surface area contributed by atoms with Crippen LogP contribution in [0.1, 0.15) is 16.2 Å². The summed E-state index contributed by atoms with van der Waals surface area (Å²) in [6.07, 6.45) is 1.47. The molecule has 0 saturated carbocycles. The second-order valence-electron chi connectivity index (χ2n) is 5.61. The summed E-state index contributed by atoms with van der Waals surface area (Å²) in [6.45, 7) is 1.12. The molecule has 0 aliphatic heterocycles. The van der Waals surface area contributed by atoms with Crippen LogP contribution in [-0.4, -0.2) is 43.3 Å². The van der Waals surface area contributed by atoms with Gasteiger partial charge in [0.1, 0.15) is 11.4 Å². The zero-order valence-corrected chi connectivity index (χ0v) is 14.7. The summed E-state index contributed by atoms with van der Waals surface area (Å²) in [7, 11) is 3.21. The summed E-state index contributed by atoms with van der Waals surface area (Å²) in [6, 6.07) is 12.6. The summed E-state index contributed by atoms with van der Waals surface area (Å²) in [5.41, 5.74) is 1.53. The van der Waals surface area contributed by atoms with Crippen LogP contribution in [0.2, 0.25) is 0 Å². The van der Waals surface area contributed by atoms with E-state index in [1.54, 1.807) is 31.3 Å². The van der Waals surface area contributed by atoms with Crippen molar-refractivity contribution in [3.63, 3.8) is 0 Å².